The summed E-state index contributed by atoms with van der Waals surface area (Å²) in [6.07, 6.45) is 2.47. The van der Waals surface area contributed by atoms with Crippen molar-refractivity contribution in [3.8, 4) is 10.6 Å². The van der Waals surface area contributed by atoms with Crippen molar-refractivity contribution >= 4 is 22.7 Å². The molecule has 0 bridgehead atoms. The van der Waals surface area contributed by atoms with Gasteiger partial charge in [-0.25, -0.2) is 4.98 Å². The number of piperidine rings is 1. The second kappa shape index (κ2) is 4.88. The molecule has 1 N–H and O–H groups in total. The third-order valence-corrected chi connectivity index (χ3v) is 5.23. The molecule has 1 saturated heterocycles. The predicted molar refractivity (Wildman–Crippen MR) is 75.0 cm³/mol. The van der Waals surface area contributed by atoms with Crippen LogP contribution >= 0.6 is 22.7 Å². The van der Waals surface area contributed by atoms with Gasteiger partial charge in [-0.15, -0.1) is 22.7 Å². The molecule has 0 atom stereocenters. The van der Waals surface area contributed by atoms with E-state index in [1.807, 2.05) is 22.7 Å². The molecule has 0 spiro atoms. The molecule has 3 heterocycles. The lowest BCUT2D eigenvalue weighted by atomic mass is 9.99. The molecule has 0 unspecified atom stereocenters. The zero-order chi connectivity index (χ0) is 11.7. The fraction of sp³-hybridized carbons (Fsp3) is 0.462. The standard InChI is InChI=1S/C13H16N2S2/c1-9-2-3-12(17-9)11-8-16-13(15-11)10-4-6-14-7-5-10/h2-3,8,10,14H,4-7H2,1H3. The molecular formula is C13H16N2S2. The minimum atomic E-state index is 0.677. The molecule has 90 valence electrons. The van der Waals surface area contributed by atoms with Gasteiger partial charge in [0.25, 0.3) is 0 Å². The van der Waals surface area contributed by atoms with Crippen LogP contribution in [0.1, 0.15) is 28.6 Å². The van der Waals surface area contributed by atoms with Gasteiger partial charge in [0.05, 0.1) is 15.6 Å². The lowest BCUT2D eigenvalue weighted by Gasteiger charge is -2.20. The minimum Gasteiger partial charge on any atom is -0.317 e. The molecule has 1 aliphatic rings. The molecule has 2 aromatic rings. The molecule has 0 aliphatic carbocycles. The van der Waals surface area contributed by atoms with Crippen molar-refractivity contribution in [1.29, 1.82) is 0 Å². The van der Waals surface area contributed by atoms with Crippen molar-refractivity contribution < 1.29 is 0 Å². The molecule has 2 aromatic heterocycles. The van der Waals surface area contributed by atoms with Gasteiger partial charge in [0, 0.05) is 16.2 Å². The summed E-state index contributed by atoms with van der Waals surface area (Å²) in [4.78, 5) is 7.48. The van der Waals surface area contributed by atoms with E-state index in [0.29, 0.717) is 5.92 Å². The van der Waals surface area contributed by atoms with Gasteiger partial charge in [-0.2, -0.15) is 0 Å². The SMILES string of the molecule is Cc1ccc(-c2csc(C3CCNCC3)n2)s1. The smallest absolute Gasteiger partial charge is 0.0964 e. The second-order valence-corrected chi connectivity index (χ2v) is 6.68. The molecular weight excluding hydrogens is 248 g/mol. The maximum Gasteiger partial charge on any atom is 0.0964 e. The molecule has 0 amide bonds. The van der Waals surface area contributed by atoms with Gasteiger partial charge in [0.1, 0.15) is 0 Å². The summed E-state index contributed by atoms with van der Waals surface area (Å²) in [7, 11) is 0. The summed E-state index contributed by atoms with van der Waals surface area (Å²) in [5, 5.41) is 6.94. The predicted octanol–water partition coefficient (Wildman–Crippen LogP) is 3.65. The van der Waals surface area contributed by atoms with Crippen molar-refractivity contribution in [1.82, 2.24) is 10.3 Å². The quantitative estimate of drug-likeness (QED) is 0.895. The average Bonchev–Trinajstić information content (AvgIpc) is 2.98. The largest absolute Gasteiger partial charge is 0.317 e. The molecule has 2 nitrogen and oxygen atoms in total. The molecule has 3 rings (SSSR count). The van der Waals surface area contributed by atoms with E-state index >= 15 is 0 Å². The van der Waals surface area contributed by atoms with E-state index in [2.05, 4.69) is 29.8 Å². The first-order valence-electron chi connectivity index (χ1n) is 6.06. The fourth-order valence-corrected chi connectivity index (χ4v) is 4.12. The van der Waals surface area contributed by atoms with Crippen LogP contribution in [0.2, 0.25) is 0 Å². The highest BCUT2D eigenvalue weighted by Gasteiger charge is 2.18. The number of hydrogen-bond acceptors (Lipinski definition) is 4. The number of aromatic nitrogens is 1. The van der Waals surface area contributed by atoms with Crippen molar-refractivity contribution in [2.75, 3.05) is 13.1 Å². The number of aryl methyl sites for hydroxylation is 1. The van der Waals surface area contributed by atoms with Crippen LogP contribution in [0.3, 0.4) is 0 Å². The highest BCUT2D eigenvalue weighted by atomic mass is 32.1. The Balaban J connectivity index is 1.82. The summed E-state index contributed by atoms with van der Waals surface area (Å²) in [6.45, 7) is 4.42. The van der Waals surface area contributed by atoms with Crippen molar-refractivity contribution in [2.45, 2.75) is 25.7 Å². The highest BCUT2D eigenvalue weighted by molar-refractivity contribution is 7.16. The van der Waals surface area contributed by atoms with E-state index in [9.17, 15) is 0 Å². The van der Waals surface area contributed by atoms with Crippen LogP contribution in [0.4, 0.5) is 0 Å². The number of thiophene rings is 1. The zero-order valence-corrected chi connectivity index (χ0v) is 11.5. The van der Waals surface area contributed by atoms with E-state index in [0.717, 1.165) is 13.1 Å². The number of thiazole rings is 1. The monoisotopic (exact) mass is 264 g/mol. The molecule has 0 aromatic carbocycles. The summed E-state index contributed by atoms with van der Waals surface area (Å²) >= 11 is 3.66. The van der Waals surface area contributed by atoms with Gasteiger partial charge in [-0.05, 0) is 45.0 Å². The van der Waals surface area contributed by atoms with Crippen molar-refractivity contribution in [3.05, 3.63) is 27.4 Å². The topological polar surface area (TPSA) is 24.9 Å². The first-order valence-corrected chi connectivity index (χ1v) is 7.75. The molecule has 0 saturated carbocycles. The lowest BCUT2D eigenvalue weighted by molar-refractivity contribution is 0.459. The van der Waals surface area contributed by atoms with E-state index in [4.69, 9.17) is 4.98 Å². The maximum absolute atomic E-state index is 4.82. The van der Waals surface area contributed by atoms with E-state index in [-0.39, 0.29) is 0 Å². The van der Waals surface area contributed by atoms with E-state index < -0.39 is 0 Å². The Bertz CT molecular complexity index is 495. The molecule has 17 heavy (non-hydrogen) atoms. The summed E-state index contributed by atoms with van der Waals surface area (Å²) in [5.74, 6) is 0.677. The van der Waals surface area contributed by atoms with Gasteiger partial charge in [-0.3, -0.25) is 0 Å². The zero-order valence-electron chi connectivity index (χ0n) is 9.90. The first-order chi connectivity index (χ1) is 8.33. The first kappa shape index (κ1) is 11.4. The second-order valence-electron chi connectivity index (χ2n) is 4.51. The Labute approximate surface area is 110 Å². The van der Waals surface area contributed by atoms with E-state index in [1.54, 1.807) is 0 Å². The summed E-state index contributed by atoms with van der Waals surface area (Å²) in [5.41, 5.74) is 1.17. The Morgan fingerprint density at radius 3 is 2.82 bits per heavy atom. The van der Waals surface area contributed by atoms with Crippen LogP contribution in [-0.2, 0) is 0 Å². The number of hydrogen-bond donors (Lipinski definition) is 1. The van der Waals surface area contributed by atoms with E-state index in [1.165, 1.54) is 33.3 Å². The third-order valence-electron chi connectivity index (χ3n) is 3.20. The third kappa shape index (κ3) is 2.44. The van der Waals surface area contributed by atoms with Gasteiger partial charge >= 0.3 is 0 Å². The van der Waals surface area contributed by atoms with Crippen LogP contribution in [0.5, 0.6) is 0 Å². The number of rotatable bonds is 2. The normalized spacial score (nSPS) is 17.5. The minimum absolute atomic E-state index is 0.677. The molecule has 1 fully saturated rings. The van der Waals surface area contributed by atoms with Crippen LogP contribution in [-0.4, -0.2) is 18.1 Å². The number of nitrogens with zero attached hydrogens (tertiary/aromatic N) is 1. The Morgan fingerprint density at radius 2 is 2.12 bits per heavy atom. The Hall–Kier alpha value is -0.710. The van der Waals surface area contributed by atoms with Gasteiger partial charge in [0.15, 0.2) is 0 Å². The van der Waals surface area contributed by atoms with Crippen LogP contribution in [0, 0.1) is 6.92 Å². The van der Waals surface area contributed by atoms with Crippen LogP contribution in [0.25, 0.3) is 10.6 Å². The highest BCUT2D eigenvalue weighted by Crippen LogP contribution is 2.33. The average molecular weight is 264 g/mol. The lowest BCUT2D eigenvalue weighted by Crippen LogP contribution is -2.26. The summed E-state index contributed by atoms with van der Waals surface area (Å²) < 4.78 is 0. The van der Waals surface area contributed by atoms with Gasteiger partial charge in [-0.1, -0.05) is 0 Å². The van der Waals surface area contributed by atoms with Crippen molar-refractivity contribution in [3.63, 3.8) is 0 Å². The molecule has 1 aliphatic heterocycles. The van der Waals surface area contributed by atoms with Gasteiger partial charge < -0.3 is 5.32 Å². The Morgan fingerprint density at radius 1 is 1.29 bits per heavy atom. The molecule has 0 radical (unpaired) electrons. The molecule has 4 heteroatoms. The van der Waals surface area contributed by atoms with Crippen molar-refractivity contribution in [2.24, 2.45) is 0 Å². The van der Waals surface area contributed by atoms with Crippen LogP contribution in [0.15, 0.2) is 17.5 Å². The Kier molecular flexibility index (Phi) is 3.27. The summed E-state index contributed by atoms with van der Waals surface area (Å²) in [6, 6.07) is 4.35. The fourth-order valence-electron chi connectivity index (χ4n) is 2.23. The number of nitrogens with one attached hydrogen (secondary N) is 1. The van der Waals surface area contributed by atoms with Gasteiger partial charge in [0.2, 0.25) is 0 Å². The maximum atomic E-state index is 4.82. The van der Waals surface area contributed by atoms with Crippen LogP contribution < -0.4 is 5.32 Å².